The number of hydrogen-bond donors (Lipinski definition) is 2. The summed E-state index contributed by atoms with van der Waals surface area (Å²) in [6.45, 7) is 4.61. The molecule has 9 heteroatoms. The molecule has 0 saturated heterocycles. The summed E-state index contributed by atoms with van der Waals surface area (Å²) >= 11 is 0. The highest BCUT2D eigenvalue weighted by Crippen LogP contribution is 2.38. The number of likely N-dealkylation sites (N-methyl/N-ethyl adjacent to an activating group) is 1. The monoisotopic (exact) mass is 893 g/mol. The van der Waals surface area contributed by atoms with Crippen LogP contribution in [-0.2, 0) is 18.4 Å². The molecule has 0 aliphatic rings. The number of aliphatic hydroxyl groups excluding tert-OH is 1. The van der Waals surface area contributed by atoms with E-state index in [4.69, 9.17) is 9.05 Å². The molecule has 0 fully saturated rings. The Hall–Kier alpha value is -1.54. The SMILES string of the molecule is CCCCCC/C=C\CCCCCCCCCC(=O)NC(COP(=O)([O-])OCC[N+](C)(C)C)C(O)/C=C/CC/C=C/CC/C=C/CCCCCCCCCCCCCCCCC. The highest BCUT2D eigenvalue weighted by atomic mass is 31.2. The Morgan fingerprint density at radius 2 is 0.903 bits per heavy atom. The van der Waals surface area contributed by atoms with Crippen LogP contribution < -0.4 is 10.2 Å². The molecule has 0 saturated carbocycles. The predicted octanol–water partition coefficient (Wildman–Crippen LogP) is 14.6. The zero-order chi connectivity index (χ0) is 45.7. The predicted molar refractivity (Wildman–Crippen MR) is 265 cm³/mol. The van der Waals surface area contributed by atoms with E-state index in [2.05, 4.69) is 55.6 Å². The average molecular weight is 893 g/mol. The molecule has 0 spiro atoms. The topological polar surface area (TPSA) is 108 Å². The van der Waals surface area contributed by atoms with Crippen molar-refractivity contribution in [3.63, 3.8) is 0 Å². The van der Waals surface area contributed by atoms with Crippen LogP contribution in [0.25, 0.3) is 0 Å². The number of nitrogens with zero attached hydrogens (tertiary/aromatic N) is 1. The first-order chi connectivity index (χ1) is 30.0. The van der Waals surface area contributed by atoms with Gasteiger partial charge in [0, 0.05) is 6.42 Å². The van der Waals surface area contributed by atoms with Crippen LogP contribution in [-0.4, -0.2) is 68.5 Å². The van der Waals surface area contributed by atoms with E-state index in [9.17, 15) is 19.4 Å². The fourth-order valence-corrected chi connectivity index (χ4v) is 8.08. The molecule has 0 radical (unpaired) electrons. The molecule has 364 valence electrons. The van der Waals surface area contributed by atoms with Crippen LogP contribution in [0.4, 0.5) is 0 Å². The Bertz CT molecular complexity index is 1150. The molecule has 0 aromatic carbocycles. The normalized spacial score (nSPS) is 14.5. The van der Waals surface area contributed by atoms with Crippen molar-refractivity contribution in [1.29, 1.82) is 0 Å². The molecule has 62 heavy (non-hydrogen) atoms. The van der Waals surface area contributed by atoms with Gasteiger partial charge in [0.25, 0.3) is 7.82 Å². The molecule has 0 heterocycles. The number of amides is 1. The van der Waals surface area contributed by atoms with Gasteiger partial charge in [-0.15, -0.1) is 0 Å². The molecule has 0 aliphatic heterocycles. The van der Waals surface area contributed by atoms with Crippen molar-refractivity contribution in [2.75, 3.05) is 40.9 Å². The maximum absolute atomic E-state index is 12.9. The number of quaternary nitrogens is 1. The number of phosphoric ester groups is 1. The third kappa shape index (κ3) is 46.5. The van der Waals surface area contributed by atoms with E-state index in [1.54, 1.807) is 6.08 Å². The third-order valence-electron chi connectivity index (χ3n) is 11.5. The van der Waals surface area contributed by atoms with Crippen molar-refractivity contribution < 1.29 is 32.9 Å². The Balaban J connectivity index is 4.35. The lowest BCUT2D eigenvalue weighted by atomic mass is 10.0. The van der Waals surface area contributed by atoms with Crippen molar-refractivity contribution in [3.05, 3.63) is 48.6 Å². The van der Waals surface area contributed by atoms with Gasteiger partial charge in [-0.05, 0) is 70.6 Å². The van der Waals surface area contributed by atoms with Gasteiger partial charge in [0.15, 0.2) is 0 Å². The van der Waals surface area contributed by atoms with Crippen LogP contribution in [0.3, 0.4) is 0 Å². The van der Waals surface area contributed by atoms with Crippen molar-refractivity contribution in [2.45, 2.75) is 244 Å². The molecule has 2 N–H and O–H groups in total. The first kappa shape index (κ1) is 60.5. The minimum atomic E-state index is -4.61. The Labute approximate surface area is 384 Å². The third-order valence-corrected chi connectivity index (χ3v) is 12.5. The molecule has 0 aromatic rings. The fraction of sp³-hybridized carbons (Fsp3) is 0.830. The van der Waals surface area contributed by atoms with E-state index in [1.807, 2.05) is 27.2 Å². The second-order valence-electron chi connectivity index (χ2n) is 18.9. The summed E-state index contributed by atoms with van der Waals surface area (Å²) in [5, 5.41) is 13.8. The fourth-order valence-electron chi connectivity index (χ4n) is 7.36. The summed E-state index contributed by atoms with van der Waals surface area (Å²) in [5.41, 5.74) is 0. The number of unbranched alkanes of at least 4 members (excludes halogenated alkanes) is 28. The average Bonchev–Trinajstić information content (AvgIpc) is 3.23. The highest BCUT2D eigenvalue weighted by molar-refractivity contribution is 7.45. The molecule has 0 aromatic heterocycles. The van der Waals surface area contributed by atoms with Crippen LogP contribution in [0, 0.1) is 0 Å². The van der Waals surface area contributed by atoms with Crippen LogP contribution in [0.2, 0.25) is 0 Å². The zero-order valence-electron chi connectivity index (χ0n) is 41.3. The second-order valence-corrected chi connectivity index (χ2v) is 20.3. The summed E-state index contributed by atoms with van der Waals surface area (Å²) in [6, 6.07) is -0.912. The largest absolute Gasteiger partial charge is 0.756 e. The number of allylic oxidation sites excluding steroid dienone is 7. The molecule has 1 amide bonds. The number of nitrogens with one attached hydrogen (secondary N) is 1. The van der Waals surface area contributed by atoms with E-state index >= 15 is 0 Å². The number of carbonyl (C=O) groups is 1. The number of rotatable bonds is 47. The highest BCUT2D eigenvalue weighted by Gasteiger charge is 2.23. The molecule has 0 bridgehead atoms. The lowest BCUT2D eigenvalue weighted by Crippen LogP contribution is -2.45. The number of phosphoric acid groups is 1. The molecular weight excluding hydrogens is 792 g/mol. The smallest absolute Gasteiger partial charge is 0.268 e. The van der Waals surface area contributed by atoms with E-state index in [1.165, 1.54) is 167 Å². The molecular formula is C53H101N2O6P. The molecule has 0 aliphatic carbocycles. The summed E-state index contributed by atoms with van der Waals surface area (Å²) in [7, 11) is 1.23. The number of aliphatic hydroxyl groups is 1. The van der Waals surface area contributed by atoms with E-state index in [0.717, 1.165) is 44.9 Å². The summed E-state index contributed by atoms with van der Waals surface area (Å²) in [5.74, 6) is -0.217. The van der Waals surface area contributed by atoms with Crippen molar-refractivity contribution in [1.82, 2.24) is 5.32 Å². The lowest BCUT2D eigenvalue weighted by molar-refractivity contribution is -0.870. The van der Waals surface area contributed by atoms with Gasteiger partial charge in [0.05, 0.1) is 39.9 Å². The summed E-state index contributed by atoms with van der Waals surface area (Å²) in [4.78, 5) is 25.4. The van der Waals surface area contributed by atoms with Gasteiger partial charge in [-0.2, -0.15) is 0 Å². The standard InChI is InChI=1S/C53H101N2O6P/c1-6-8-10-12-14-16-18-20-22-23-24-25-26-27-28-29-30-31-33-34-36-38-40-42-44-46-52(56)51(50-61-62(58,59)60-49-48-55(3,4)5)54-53(57)47-45-43-41-39-37-35-32-21-19-17-15-13-11-9-7-2/h17,19,30-31,36,38,44,46,51-52,56H,6-16,18,20-29,32-35,37,39-43,45,47-50H2,1-5H3,(H-,54,57,58,59)/b19-17-,31-30+,38-36+,46-44+. The molecule has 3 atom stereocenters. The summed E-state index contributed by atoms with van der Waals surface area (Å²) in [6.07, 6.45) is 57.5. The van der Waals surface area contributed by atoms with Crippen LogP contribution in [0.1, 0.15) is 232 Å². The number of hydrogen-bond acceptors (Lipinski definition) is 6. The van der Waals surface area contributed by atoms with Crippen molar-refractivity contribution in [2.24, 2.45) is 0 Å². The van der Waals surface area contributed by atoms with Crippen LogP contribution in [0.5, 0.6) is 0 Å². The second kappa shape index (κ2) is 44.7. The summed E-state index contributed by atoms with van der Waals surface area (Å²) < 4.78 is 23.2. The van der Waals surface area contributed by atoms with E-state index < -0.39 is 26.6 Å². The van der Waals surface area contributed by atoms with Crippen molar-refractivity contribution in [3.8, 4) is 0 Å². The Kier molecular flexibility index (Phi) is 43.5. The minimum Gasteiger partial charge on any atom is -0.756 e. The first-order valence-electron chi connectivity index (χ1n) is 26.0. The van der Waals surface area contributed by atoms with Gasteiger partial charge in [0.2, 0.25) is 5.91 Å². The van der Waals surface area contributed by atoms with E-state index in [0.29, 0.717) is 17.4 Å². The van der Waals surface area contributed by atoms with Gasteiger partial charge >= 0.3 is 0 Å². The minimum absolute atomic E-state index is 0.0105. The maximum Gasteiger partial charge on any atom is 0.268 e. The van der Waals surface area contributed by atoms with Crippen molar-refractivity contribution >= 4 is 13.7 Å². The van der Waals surface area contributed by atoms with Gasteiger partial charge in [-0.25, -0.2) is 0 Å². The number of carbonyl (C=O) groups excluding carboxylic acids is 1. The van der Waals surface area contributed by atoms with Crippen LogP contribution in [0.15, 0.2) is 48.6 Å². The van der Waals surface area contributed by atoms with Crippen LogP contribution >= 0.6 is 7.82 Å². The lowest BCUT2D eigenvalue weighted by Gasteiger charge is -2.29. The van der Waals surface area contributed by atoms with Gasteiger partial charge in [-0.3, -0.25) is 9.36 Å². The van der Waals surface area contributed by atoms with Gasteiger partial charge < -0.3 is 28.8 Å². The molecule has 0 rings (SSSR count). The Morgan fingerprint density at radius 3 is 1.32 bits per heavy atom. The molecule has 3 unspecified atom stereocenters. The zero-order valence-corrected chi connectivity index (χ0v) is 42.2. The van der Waals surface area contributed by atoms with Gasteiger partial charge in [0.1, 0.15) is 13.2 Å². The first-order valence-corrected chi connectivity index (χ1v) is 27.5. The van der Waals surface area contributed by atoms with E-state index in [-0.39, 0.29) is 12.5 Å². The maximum atomic E-state index is 12.9. The Morgan fingerprint density at radius 1 is 0.548 bits per heavy atom. The quantitative estimate of drug-likeness (QED) is 0.0273. The molecule has 8 nitrogen and oxygen atoms in total. The van der Waals surface area contributed by atoms with Gasteiger partial charge in [-0.1, -0.05) is 204 Å².